The number of ether oxygens (including phenoxy) is 5. The lowest BCUT2D eigenvalue weighted by atomic mass is 10.1. The van der Waals surface area contributed by atoms with Gasteiger partial charge in [0.2, 0.25) is 0 Å². The molecule has 0 spiro atoms. The summed E-state index contributed by atoms with van der Waals surface area (Å²) in [6.45, 7) is 4.64. The summed E-state index contributed by atoms with van der Waals surface area (Å²) in [5.74, 6) is -1.13. The van der Waals surface area contributed by atoms with Gasteiger partial charge in [-0.3, -0.25) is 4.90 Å². The fourth-order valence-electron chi connectivity index (χ4n) is 5.07. The molecule has 0 unspecified atom stereocenters. The van der Waals surface area contributed by atoms with Crippen LogP contribution < -0.4 is 14.8 Å². The minimum Gasteiger partial charge on any atom is -0.493 e. The number of benzene rings is 1. The van der Waals surface area contributed by atoms with E-state index in [1.54, 1.807) is 6.07 Å². The standard InChI is InChI=1S/C26H30ClF2N5O6/c27-16-10-19-25(33-26(31-19)40-21-13-39-22-20(35)12-38-23(21)22)32-24(16)30-11-15-17(28)8-14(9-18(15)29)37-5-1-2-34-3-6-36-7-4-34/h8-10,20-23,35H,1-7,11-13H2,(H2,30,31,32,33)/t20-,21-,22-,23-/m1/s1. The number of hydrogen-bond donors (Lipinski definition) is 3. The van der Waals surface area contributed by atoms with Gasteiger partial charge < -0.3 is 39.1 Å². The van der Waals surface area contributed by atoms with Crippen LogP contribution in [0.4, 0.5) is 14.6 Å². The molecule has 3 fully saturated rings. The molecular weight excluding hydrogens is 552 g/mol. The van der Waals surface area contributed by atoms with E-state index in [4.69, 9.17) is 35.3 Å². The monoisotopic (exact) mass is 581 g/mol. The van der Waals surface area contributed by atoms with Gasteiger partial charge in [0.05, 0.1) is 43.6 Å². The van der Waals surface area contributed by atoms with Crippen molar-refractivity contribution in [1.82, 2.24) is 19.9 Å². The summed E-state index contributed by atoms with van der Waals surface area (Å²) in [6.07, 6.45) is -1.22. The first-order valence-corrected chi connectivity index (χ1v) is 13.6. The maximum Gasteiger partial charge on any atom is 0.296 e. The number of aromatic nitrogens is 3. The number of halogens is 3. The number of hydrogen-bond acceptors (Lipinski definition) is 10. The van der Waals surface area contributed by atoms with E-state index >= 15 is 0 Å². The molecule has 40 heavy (non-hydrogen) atoms. The summed E-state index contributed by atoms with van der Waals surface area (Å²) >= 11 is 6.37. The lowest BCUT2D eigenvalue weighted by Gasteiger charge is -2.26. The smallest absolute Gasteiger partial charge is 0.296 e. The molecule has 4 atom stereocenters. The van der Waals surface area contributed by atoms with Crippen LogP contribution in [0.3, 0.4) is 0 Å². The third-order valence-corrected chi connectivity index (χ3v) is 7.48. The Bertz CT molecular complexity index is 1320. The van der Waals surface area contributed by atoms with Crippen molar-refractivity contribution < 1.29 is 37.6 Å². The Labute approximate surface area is 233 Å². The Morgan fingerprint density at radius 1 is 1.10 bits per heavy atom. The van der Waals surface area contributed by atoms with Gasteiger partial charge >= 0.3 is 0 Å². The number of pyridine rings is 1. The predicted octanol–water partition coefficient (Wildman–Crippen LogP) is 2.51. The van der Waals surface area contributed by atoms with Gasteiger partial charge in [-0.15, -0.1) is 0 Å². The van der Waals surface area contributed by atoms with Crippen molar-refractivity contribution in [2.75, 3.05) is 58.0 Å². The van der Waals surface area contributed by atoms with Crippen LogP contribution in [-0.2, 0) is 20.8 Å². The van der Waals surface area contributed by atoms with Crippen molar-refractivity contribution in [2.45, 2.75) is 37.4 Å². The molecule has 6 rings (SSSR count). The number of nitrogens with zero attached hydrogens (tertiary/aromatic N) is 3. The quantitative estimate of drug-likeness (QED) is 0.308. The second-order valence-corrected chi connectivity index (χ2v) is 10.3. The fourth-order valence-corrected chi connectivity index (χ4v) is 5.29. The number of aliphatic hydroxyl groups excluding tert-OH is 1. The van der Waals surface area contributed by atoms with Crippen molar-refractivity contribution in [1.29, 1.82) is 0 Å². The van der Waals surface area contributed by atoms with Crippen molar-refractivity contribution >= 4 is 28.6 Å². The fraction of sp³-hybridized carbons (Fsp3) is 0.538. The summed E-state index contributed by atoms with van der Waals surface area (Å²) in [5, 5.41) is 13.0. The third kappa shape index (κ3) is 5.94. The Balaban J connectivity index is 1.05. The molecule has 0 bridgehead atoms. The van der Waals surface area contributed by atoms with Crippen LogP contribution in [0.25, 0.3) is 11.2 Å². The zero-order chi connectivity index (χ0) is 27.6. The molecule has 2 aromatic heterocycles. The number of imidazole rings is 1. The normalized spacial score (nSPS) is 24.9. The molecule has 3 N–H and O–H groups in total. The molecule has 11 nitrogen and oxygen atoms in total. The molecule has 3 aromatic rings. The summed E-state index contributed by atoms with van der Waals surface area (Å²) < 4.78 is 57.5. The topological polar surface area (TPSA) is 123 Å². The first kappa shape index (κ1) is 27.4. The summed E-state index contributed by atoms with van der Waals surface area (Å²) in [5.41, 5.74) is 0.645. The van der Waals surface area contributed by atoms with Crippen LogP contribution in [0.15, 0.2) is 18.2 Å². The number of aromatic amines is 1. The van der Waals surface area contributed by atoms with Gasteiger partial charge in [-0.05, 0) is 12.5 Å². The predicted molar refractivity (Wildman–Crippen MR) is 140 cm³/mol. The number of H-pyrrole nitrogens is 1. The Morgan fingerprint density at radius 2 is 1.88 bits per heavy atom. The summed E-state index contributed by atoms with van der Waals surface area (Å²) in [7, 11) is 0. The summed E-state index contributed by atoms with van der Waals surface area (Å²) in [4.78, 5) is 14.0. The van der Waals surface area contributed by atoms with Crippen LogP contribution in [0.2, 0.25) is 5.02 Å². The van der Waals surface area contributed by atoms with Gasteiger partial charge in [0, 0.05) is 43.9 Å². The Kier molecular flexibility index (Phi) is 8.19. The number of rotatable bonds is 10. The highest BCUT2D eigenvalue weighted by Crippen LogP contribution is 2.31. The van der Waals surface area contributed by atoms with Gasteiger partial charge in [0.25, 0.3) is 6.01 Å². The summed E-state index contributed by atoms with van der Waals surface area (Å²) in [6, 6.07) is 4.13. The largest absolute Gasteiger partial charge is 0.493 e. The number of aliphatic hydroxyl groups is 1. The number of nitrogens with one attached hydrogen (secondary N) is 2. The van der Waals surface area contributed by atoms with Crippen LogP contribution in [0.1, 0.15) is 12.0 Å². The van der Waals surface area contributed by atoms with Crippen LogP contribution in [0, 0.1) is 11.6 Å². The molecule has 0 amide bonds. The lowest BCUT2D eigenvalue weighted by molar-refractivity contribution is 0.00706. The van der Waals surface area contributed by atoms with E-state index in [1.165, 1.54) is 12.1 Å². The Morgan fingerprint density at radius 3 is 2.67 bits per heavy atom. The van der Waals surface area contributed by atoms with Crippen LogP contribution in [0.5, 0.6) is 11.8 Å². The van der Waals surface area contributed by atoms with Crippen LogP contribution >= 0.6 is 11.6 Å². The third-order valence-electron chi connectivity index (χ3n) is 7.19. The minimum absolute atomic E-state index is 0.138. The highest BCUT2D eigenvalue weighted by molar-refractivity contribution is 6.33. The van der Waals surface area contributed by atoms with Crippen molar-refractivity contribution in [3.63, 3.8) is 0 Å². The SMILES string of the molecule is O[C@@H]1CO[C@H]2[C@@H]1OC[C@H]2Oc1nc2nc(NCc3c(F)cc(OCCCN4CCOCC4)cc3F)c(Cl)cc2[nH]1. The first-order chi connectivity index (χ1) is 19.4. The molecular formula is C26H30ClF2N5O6. The maximum atomic E-state index is 14.8. The average Bonchev–Trinajstić information content (AvgIpc) is 3.63. The van der Waals surface area contributed by atoms with Crippen molar-refractivity contribution in [3.05, 3.63) is 40.4 Å². The molecule has 5 heterocycles. The first-order valence-electron chi connectivity index (χ1n) is 13.2. The molecule has 0 saturated carbocycles. The Hall–Kier alpha value is -2.81. The molecule has 216 valence electrons. The average molecular weight is 582 g/mol. The maximum absolute atomic E-state index is 14.8. The second kappa shape index (κ2) is 12.0. The number of morpholine rings is 1. The van der Waals surface area contributed by atoms with E-state index in [-0.39, 0.29) is 47.9 Å². The van der Waals surface area contributed by atoms with E-state index in [9.17, 15) is 13.9 Å². The zero-order valence-electron chi connectivity index (χ0n) is 21.6. The molecule has 3 aliphatic rings. The molecule has 0 aliphatic carbocycles. The van der Waals surface area contributed by atoms with Gasteiger partial charge in [-0.1, -0.05) is 11.6 Å². The highest BCUT2D eigenvalue weighted by Gasteiger charge is 2.48. The number of anilines is 1. The molecule has 3 saturated heterocycles. The molecule has 1 aromatic carbocycles. The van der Waals surface area contributed by atoms with Crippen molar-refractivity contribution in [2.24, 2.45) is 0 Å². The van der Waals surface area contributed by atoms with Gasteiger partial charge in [-0.2, -0.15) is 4.98 Å². The highest BCUT2D eigenvalue weighted by atomic mass is 35.5. The van der Waals surface area contributed by atoms with E-state index in [0.29, 0.717) is 17.8 Å². The second-order valence-electron chi connectivity index (χ2n) is 9.93. The minimum atomic E-state index is -0.736. The lowest BCUT2D eigenvalue weighted by Crippen LogP contribution is -2.37. The van der Waals surface area contributed by atoms with Crippen LogP contribution in [-0.4, -0.2) is 102 Å². The van der Waals surface area contributed by atoms with E-state index in [0.717, 1.165) is 39.3 Å². The van der Waals surface area contributed by atoms with Gasteiger partial charge in [0.15, 0.2) is 11.8 Å². The number of fused-ring (bicyclic) bond motifs is 2. The molecule has 14 heteroatoms. The molecule has 3 aliphatic heterocycles. The van der Waals surface area contributed by atoms with E-state index < -0.39 is 36.1 Å². The van der Waals surface area contributed by atoms with Crippen molar-refractivity contribution in [3.8, 4) is 11.8 Å². The van der Waals surface area contributed by atoms with Gasteiger partial charge in [-0.25, -0.2) is 13.8 Å². The van der Waals surface area contributed by atoms with Gasteiger partial charge in [0.1, 0.15) is 41.5 Å². The van der Waals surface area contributed by atoms with E-state index in [2.05, 4.69) is 25.2 Å². The molecule has 0 radical (unpaired) electrons. The van der Waals surface area contributed by atoms with E-state index in [1.807, 2.05) is 0 Å². The zero-order valence-corrected chi connectivity index (χ0v) is 22.3.